The molecule has 3 N–H and O–H groups in total. The SMILES string of the molecule is CCc1ccccc1Nc1nc(N)nc(COC(=O)Cc2ccc(OC)c(OC)c2)n1. The van der Waals surface area contributed by atoms with E-state index in [0.717, 1.165) is 23.2 Å². The number of nitrogens with one attached hydrogen (secondary N) is 1. The van der Waals surface area contributed by atoms with E-state index in [1.54, 1.807) is 25.3 Å². The fraction of sp³-hybridized carbons (Fsp3) is 0.273. The predicted octanol–water partition coefficient (Wildman–Crippen LogP) is 3.06. The van der Waals surface area contributed by atoms with Crippen molar-refractivity contribution >= 4 is 23.6 Å². The van der Waals surface area contributed by atoms with Gasteiger partial charge in [0, 0.05) is 5.69 Å². The quantitative estimate of drug-likeness (QED) is 0.500. The maximum atomic E-state index is 12.3. The number of nitrogens with two attached hydrogens (primary N) is 1. The first-order valence-corrected chi connectivity index (χ1v) is 9.74. The standard InChI is InChI=1S/C22H25N5O4/c1-4-15-7-5-6-8-16(15)24-22-26-19(25-21(23)27-22)13-31-20(28)12-14-9-10-17(29-2)18(11-14)30-3/h5-11H,4,12-13H2,1-3H3,(H3,23,24,25,26,27). The zero-order valence-corrected chi connectivity index (χ0v) is 17.7. The van der Waals surface area contributed by atoms with Gasteiger partial charge in [0.25, 0.3) is 0 Å². The van der Waals surface area contributed by atoms with Gasteiger partial charge in [-0.15, -0.1) is 0 Å². The molecule has 9 nitrogen and oxygen atoms in total. The summed E-state index contributed by atoms with van der Waals surface area (Å²) >= 11 is 0. The van der Waals surface area contributed by atoms with Crippen LogP contribution in [0.3, 0.4) is 0 Å². The van der Waals surface area contributed by atoms with Gasteiger partial charge in [0.2, 0.25) is 11.9 Å². The Morgan fingerprint density at radius 1 is 1.03 bits per heavy atom. The summed E-state index contributed by atoms with van der Waals surface area (Å²) < 4.78 is 15.8. The van der Waals surface area contributed by atoms with Crippen molar-refractivity contribution < 1.29 is 19.0 Å². The zero-order valence-electron chi connectivity index (χ0n) is 17.7. The maximum Gasteiger partial charge on any atom is 0.310 e. The normalized spacial score (nSPS) is 10.4. The molecule has 1 heterocycles. The molecule has 0 aliphatic heterocycles. The second-order valence-electron chi connectivity index (χ2n) is 6.60. The largest absolute Gasteiger partial charge is 0.493 e. The van der Waals surface area contributed by atoms with Crippen LogP contribution in [0.5, 0.6) is 11.5 Å². The summed E-state index contributed by atoms with van der Waals surface area (Å²) in [4.78, 5) is 24.7. The maximum absolute atomic E-state index is 12.3. The number of nitrogen functional groups attached to an aromatic ring is 1. The van der Waals surface area contributed by atoms with Crippen LogP contribution in [0.4, 0.5) is 17.6 Å². The van der Waals surface area contributed by atoms with Gasteiger partial charge in [0.05, 0.1) is 20.6 Å². The second kappa shape index (κ2) is 10.2. The van der Waals surface area contributed by atoms with E-state index in [1.807, 2.05) is 24.3 Å². The zero-order chi connectivity index (χ0) is 22.2. The number of carbonyl (C=O) groups excluding carboxylic acids is 1. The van der Waals surface area contributed by atoms with Gasteiger partial charge in [-0.05, 0) is 35.7 Å². The molecule has 0 saturated heterocycles. The Hall–Kier alpha value is -3.88. The van der Waals surface area contributed by atoms with Crippen LogP contribution in [-0.4, -0.2) is 35.1 Å². The number of methoxy groups -OCH3 is 2. The summed E-state index contributed by atoms with van der Waals surface area (Å²) in [5.41, 5.74) is 8.53. The summed E-state index contributed by atoms with van der Waals surface area (Å²) in [6.07, 6.45) is 0.917. The van der Waals surface area contributed by atoms with Crippen molar-refractivity contribution in [1.82, 2.24) is 15.0 Å². The molecular weight excluding hydrogens is 398 g/mol. The molecule has 0 aliphatic carbocycles. The van der Waals surface area contributed by atoms with Crippen molar-refractivity contribution in [1.29, 1.82) is 0 Å². The number of carbonyl (C=O) groups is 1. The van der Waals surface area contributed by atoms with E-state index in [0.29, 0.717) is 17.4 Å². The van der Waals surface area contributed by atoms with E-state index in [-0.39, 0.29) is 24.8 Å². The van der Waals surface area contributed by atoms with E-state index >= 15 is 0 Å². The van der Waals surface area contributed by atoms with Crippen LogP contribution in [0.2, 0.25) is 0 Å². The number of hydrogen-bond donors (Lipinski definition) is 2. The van der Waals surface area contributed by atoms with Crippen molar-refractivity contribution in [3.05, 3.63) is 59.4 Å². The number of ether oxygens (including phenoxy) is 3. The Morgan fingerprint density at radius 2 is 1.81 bits per heavy atom. The first kappa shape index (κ1) is 21.8. The van der Waals surface area contributed by atoms with Gasteiger partial charge in [0.15, 0.2) is 23.9 Å². The van der Waals surface area contributed by atoms with E-state index in [9.17, 15) is 4.79 Å². The Balaban J connectivity index is 1.64. The molecule has 2 aromatic carbocycles. The van der Waals surface area contributed by atoms with Crippen molar-refractivity contribution in [3.63, 3.8) is 0 Å². The summed E-state index contributed by atoms with van der Waals surface area (Å²) in [6.45, 7) is 1.94. The Kier molecular flexibility index (Phi) is 7.21. The van der Waals surface area contributed by atoms with Crippen molar-refractivity contribution in [2.24, 2.45) is 0 Å². The predicted molar refractivity (Wildman–Crippen MR) is 116 cm³/mol. The highest BCUT2D eigenvalue weighted by atomic mass is 16.5. The minimum Gasteiger partial charge on any atom is -0.493 e. The van der Waals surface area contributed by atoms with Gasteiger partial charge in [0.1, 0.15) is 0 Å². The first-order chi connectivity index (χ1) is 15.0. The number of anilines is 3. The Morgan fingerprint density at radius 3 is 2.55 bits per heavy atom. The number of para-hydroxylation sites is 1. The van der Waals surface area contributed by atoms with Crippen LogP contribution in [-0.2, 0) is 29.0 Å². The number of aryl methyl sites for hydroxylation is 1. The van der Waals surface area contributed by atoms with E-state index in [4.69, 9.17) is 19.9 Å². The van der Waals surface area contributed by atoms with Crippen molar-refractivity contribution in [2.45, 2.75) is 26.4 Å². The molecular formula is C22H25N5O4. The highest BCUT2D eigenvalue weighted by Crippen LogP contribution is 2.27. The molecule has 0 aliphatic rings. The molecule has 0 unspecified atom stereocenters. The van der Waals surface area contributed by atoms with E-state index in [2.05, 4.69) is 27.2 Å². The van der Waals surface area contributed by atoms with Gasteiger partial charge in [-0.1, -0.05) is 31.2 Å². The molecule has 0 amide bonds. The van der Waals surface area contributed by atoms with Crippen LogP contribution in [0.1, 0.15) is 23.9 Å². The van der Waals surface area contributed by atoms with Crippen LogP contribution in [0, 0.1) is 0 Å². The third kappa shape index (κ3) is 5.81. The Bertz CT molecular complexity index is 1060. The van der Waals surface area contributed by atoms with Gasteiger partial charge < -0.3 is 25.3 Å². The lowest BCUT2D eigenvalue weighted by Crippen LogP contribution is -2.12. The smallest absolute Gasteiger partial charge is 0.310 e. The molecule has 0 radical (unpaired) electrons. The number of aromatic nitrogens is 3. The second-order valence-corrected chi connectivity index (χ2v) is 6.60. The highest BCUT2D eigenvalue weighted by Gasteiger charge is 2.12. The molecule has 0 fully saturated rings. The summed E-state index contributed by atoms with van der Waals surface area (Å²) in [7, 11) is 3.09. The molecule has 1 aromatic heterocycles. The third-order valence-electron chi connectivity index (χ3n) is 4.50. The number of benzene rings is 2. The lowest BCUT2D eigenvalue weighted by Gasteiger charge is -2.11. The molecule has 0 bridgehead atoms. The minimum absolute atomic E-state index is 0.0393. The summed E-state index contributed by atoms with van der Waals surface area (Å²) in [6, 6.07) is 13.1. The molecule has 31 heavy (non-hydrogen) atoms. The fourth-order valence-corrected chi connectivity index (χ4v) is 2.98. The number of nitrogens with zero attached hydrogens (tertiary/aromatic N) is 3. The lowest BCUT2D eigenvalue weighted by atomic mass is 10.1. The number of esters is 1. The van der Waals surface area contributed by atoms with Gasteiger partial charge in [-0.25, -0.2) is 0 Å². The summed E-state index contributed by atoms with van der Waals surface area (Å²) in [5.74, 6) is 1.28. The minimum atomic E-state index is -0.433. The van der Waals surface area contributed by atoms with Crippen LogP contribution in [0.25, 0.3) is 0 Å². The third-order valence-corrected chi connectivity index (χ3v) is 4.50. The van der Waals surface area contributed by atoms with Crippen LogP contribution >= 0.6 is 0 Å². The van der Waals surface area contributed by atoms with Gasteiger partial charge in [-0.3, -0.25) is 4.79 Å². The molecule has 162 valence electrons. The number of rotatable bonds is 9. The van der Waals surface area contributed by atoms with E-state index < -0.39 is 5.97 Å². The van der Waals surface area contributed by atoms with Crippen LogP contribution in [0.15, 0.2) is 42.5 Å². The van der Waals surface area contributed by atoms with E-state index in [1.165, 1.54) is 7.11 Å². The van der Waals surface area contributed by atoms with Crippen LogP contribution < -0.4 is 20.5 Å². The average molecular weight is 423 g/mol. The van der Waals surface area contributed by atoms with Crippen molar-refractivity contribution in [3.8, 4) is 11.5 Å². The fourth-order valence-electron chi connectivity index (χ4n) is 2.98. The first-order valence-electron chi connectivity index (χ1n) is 9.74. The molecule has 3 aromatic rings. The Labute approximate surface area is 180 Å². The van der Waals surface area contributed by atoms with Gasteiger partial charge >= 0.3 is 5.97 Å². The summed E-state index contributed by atoms with van der Waals surface area (Å²) in [5, 5.41) is 3.15. The van der Waals surface area contributed by atoms with Gasteiger partial charge in [-0.2, -0.15) is 15.0 Å². The molecule has 9 heteroatoms. The van der Waals surface area contributed by atoms with Crippen molar-refractivity contribution in [2.75, 3.05) is 25.3 Å². The molecule has 0 spiro atoms. The topological polar surface area (TPSA) is 121 Å². The molecule has 0 saturated carbocycles. The number of hydrogen-bond acceptors (Lipinski definition) is 9. The average Bonchev–Trinajstić information content (AvgIpc) is 2.77. The monoisotopic (exact) mass is 423 g/mol. The molecule has 0 atom stereocenters. The molecule has 3 rings (SSSR count). The highest BCUT2D eigenvalue weighted by molar-refractivity contribution is 5.73. The lowest BCUT2D eigenvalue weighted by molar-refractivity contribution is -0.144.